The van der Waals surface area contributed by atoms with Gasteiger partial charge in [0.1, 0.15) is 0 Å². The van der Waals surface area contributed by atoms with E-state index in [2.05, 4.69) is 13.8 Å². The van der Waals surface area contributed by atoms with Gasteiger partial charge in [0.05, 0.1) is 12.0 Å². The van der Waals surface area contributed by atoms with Gasteiger partial charge < -0.3 is 9.47 Å². The van der Waals surface area contributed by atoms with E-state index in [4.69, 9.17) is 9.47 Å². The summed E-state index contributed by atoms with van der Waals surface area (Å²) >= 11 is 0. The predicted octanol–water partition coefficient (Wildman–Crippen LogP) is 4.32. The van der Waals surface area contributed by atoms with Gasteiger partial charge in [-0.3, -0.25) is 4.79 Å². The highest BCUT2D eigenvalue weighted by atomic mass is 16.7. The molecule has 1 unspecified atom stereocenters. The van der Waals surface area contributed by atoms with E-state index in [1.807, 2.05) is 6.92 Å². The second-order valence-electron chi connectivity index (χ2n) is 5.60. The van der Waals surface area contributed by atoms with Crippen LogP contribution in [0.3, 0.4) is 0 Å². The molecular formula is C15H28O4. The molecule has 112 valence electrons. The van der Waals surface area contributed by atoms with Crippen molar-refractivity contribution in [2.24, 2.45) is 11.3 Å². The smallest absolute Gasteiger partial charge is 0.434 e. The number of hydrogen-bond donors (Lipinski definition) is 0. The minimum atomic E-state index is -0.874. The van der Waals surface area contributed by atoms with Crippen molar-refractivity contribution in [1.82, 2.24) is 0 Å². The van der Waals surface area contributed by atoms with Crippen LogP contribution >= 0.6 is 0 Å². The van der Waals surface area contributed by atoms with Gasteiger partial charge in [0.25, 0.3) is 0 Å². The predicted molar refractivity (Wildman–Crippen MR) is 74.8 cm³/mol. The lowest BCUT2D eigenvalue weighted by Gasteiger charge is -2.19. The Morgan fingerprint density at radius 2 is 1.79 bits per heavy atom. The summed E-state index contributed by atoms with van der Waals surface area (Å²) in [7, 11) is 0. The summed E-state index contributed by atoms with van der Waals surface area (Å²) in [6.07, 6.45) is 3.99. The van der Waals surface area contributed by atoms with E-state index in [0.29, 0.717) is 18.9 Å². The molecule has 0 amide bonds. The number of carbonyl (C=O) groups is 2. The Kier molecular flexibility index (Phi) is 8.44. The Hall–Kier alpha value is -1.06. The molecule has 4 nitrogen and oxygen atoms in total. The van der Waals surface area contributed by atoms with Crippen LogP contribution in [0.4, 0.5) is 4.79 Å². The van der Waals surface area contributed by atoms with Crippen LogP contribution in [0, 0.1) is 11.3 Å². The normalized spacial score (nSPS) is 12.9. The summed E-state index contributed by atoms with van der Waals surface area (Å²) in [6, 6.07) is 0. The number of carbonyl (C=O) groups excluding carboxylic acids is 2. The van der Waals surface area contributed by atoms with Gasteiger partial charge in [-0.15, -0.1) is 0 Å². The molecule has 0 aliphatic carbocycles. The second-order valence-corrected chi connectivity index (χ2v) is 5.60. The van der Waals surface area contributed by atoms with E-state index in [-0.39, 0.29) is 0 Å². The van der Waals surface area contributed by atoms with Crippen LogP contribution in [0.1, 0.15) is 66.7 Å². The van der Waals surface area contributed by atoms with Crippen molar-refractivity contribution in [1.29, 1.82) is 0 Å². The molecule has 0 rings (SSSR count). The second kappa shape index (κ2) is 8.94. The van der Waals surface area contributed by atoms with Crippen molar-refractivity contribution in [2.45, 2.75) is 66.7 Å². The average Bonchev–Trinajstić information content (AvgIpc) is 2.38. The SMILES string of the molecule is CCCCC(CC)COC(=O)OC(=O)C(C)(C)CC. The Morgan fingerprint density at radius 3 is 2.26 bits per heavy atom. The molecule has 0 aliphatic rings. The minimum Gasteiger partial charge on any atom is -0.434 e. The maximum atomic E-state index is 11.7. The van der Waals surface area contributed by atoms with Gasteiger partial charge in [0.15, 0.2) is 0 Å². The van der Waals surface area contributed by atoms with Gasteiger partial charge in [-0.05, 0) is 32.6 Å². The molecule has 4 heteroatoms. The molecule has 0 spiro atoms. The fourth-order valence-corrected chi connectivity index (χ4v) is 1.47. The van der Waals surface area contributed by atoms with Crippen molar-refractivity contribution >= 4 is 12.1 Å². The van der Waals surface area contributed by atoms with Crippen molar-refractivity contribution < 1.29 is 19.1 Å². The molecule has 0 aliphatic heterocycles. The standard InChI is InChI=1S/C15H28O4/c1-6-9-10-12(7-2)11-18-14(17)19-13(16)15(4,5)8-3/h12H,6-11H2,1-5H3. The zero-order valence-corrected chi connectivity index (χ0v) is 13.0. The van der Waals surface area contributed by atoms with Crippen molar-refractivity contribution in [3.8, 4) is 0 Å². The number of esters is 1. The first-order valence-corrected chi connectivity index (χ1v) is 7.26. The van der Waals surface area contributed by atoms with E-state index in [1.165, 1.54) is 0 Å². The first kappa shape index (κ1) is 17.9. The van der Waals surface area contributed by atoms with Crippen LogP contribution < -0.4 is 0 Å². The molecule has 0 fully saturated rings. The zero-order chi connectivity index (χ0) is 14.9. The van der Waals surface area contributed by atoms with E-state index >= 15 is 0 Å². The summed E-state index contributed by atoms with van der Waals surface area (Å²) in [5.41, 5.74) is -0.647. The highest BCUT2D eigenvalue weighted by molar-refractivity contribution is 5.85. The van der Waals surface area contributed by atoms with Crippen LogP contribution in [0.25, 0.3) is 0 Å². The Bertz CT molecular complexity index is 284. The van der Waals surface area contributed by atoms with Crippen LogP contribution in [0.5, 0.6) is 0 Å². The molecule has 0 aromatic heterocycles. The lowest BCUT2D eigenvalue weighted by Crippen LogP contribution is -2.29. The molecule has 0 radical (unpaired) electrons. The molecule has 0 saturated carbocycles. The zero-order valence-electron chi connectivity index (χ0n) is 13.0. The summed E-state index contributed by atoms with van der Waals surface area (Å²) in [5.74, 6) is -0.177. The third-order valence-corrected chi connectivity index (χ3v) is 3.59. The molecular weight excluding hydrogens is 244 g/mol. The van der Waals surface area contributed by atoms with Crippen molar-refractivity contribution in [3.05, 3.63) is 0 Å². The van der Waals surface area contributed by atoms with Gasteiger partial charge in [-0.2, -0.15) is 0 Å². The monoisotopic (exact) mass is 272 g/mol. The summed E-state index contributed by atoms with van der Waals surface area (Å²) in [4.78, 5) is 23.1. The van der Waals surface area contributed by atoms with Gasteiger partial charge in [0, 0.05) is 0 Å². The van der Waals surface area contributed by atoms with Crippen LogP contribution in [-0.2, 0) is 14.3 Å². The van der Waals surface area contributed by atoms with E-state index < -0.39 is 17.5 Å². The van der Waals surface area contributed by atoms with Gasteiger partial charge in [-0.1, -0.05) is 40.0 Å². The van der Waals surface area contributed by atoms with E-state index in [0.717, 1.165) is 25.7 Å². The largest absolute Gasteiger partial charge is 0.516 e. The minimum absolute atomic E-state index is 0.329. The molecule has 19 heavy (non-hydrogen) atoms. The fourth-order valence-electron chi connectivity index (χ4n) is 1.47. The van der Waals surface area contributed by atoms with Crippen molar-refractivity contribution in [2.75, 3.05) is 6.61 Å². The maximum Gasteiger partial charge on any atom is 0.516 e. The fraction of sp³-hybridized carbons (Fsp3) is 0.867. The van der Waals surface area contributed by atoms with Crippen molar-refractivity contribution in [3.63, 3.8) is 0 Å². The number of ether oxygens (including phenoxy) is 2. The highest BCUT2D eigenvalue weighted by Gasteiger charge is 2.29. The number of unbranched alkanes of at least 4 members (excludes halogenated alkanes) is 1. The first-order valence-electron chi connectivity index (χ1n) is 7.26. The first-order chi connectivity index (χ1) is 8.87. The number of hydrogen-bond acceptors (Lipinski definition) is 4. The van der Waals surface area contributed by atoms with E-state index in [1.54, 1.807) is 13.8 Å². The van der Waals surface area contributed by atoms with Crippen LogP contribution in [0.2, 0.25) is 0 Å². The third-order valence-electron chi connectivity index (χ3n) is 3.59. The molecule has 0 aromatic carbocycles. The molecule has 1 atom stereocenters. The Balaban J connectivity index is 4.07. The average molecular weight is 272 g/mol. The molecule has 0 heterocycles. The Morgan fingerprint density at radius 1 is 1.16 bits per heavy atom. The lowest BCUT2D eigenvalue weighted by atomic mass is 9.91. The summed E-state index contributed by atoms with van der Waals surface area (Å²) in [5, 5.41) is 0. The quantitative estimate of drug-likeness (QED) is 0.488. The molecule has 0 bridgehead atoms. The highest BCUT2D eigenvalue weighted by Crippen LogP contribution is 2.22. The van der Waals surface area contributed by atoms with Crippen LogP contribution in [0.15, 0.2) is 0 Å². The molecule has 0 aromatic rings. The molecule has 0 saturated heterocycles. The maximum absolute atomic E-state index is 11.7. The van der Waals surface area contributed by atoms with Crippen LogP contribution in [-0.4, -0.2) is 18.7 Å². The molecule has 0 N–H and O–H groups in total. The third kappa shape index (κ3) is 7.19. The lowest BCUT2D eigenvalue weighted by molar-refractivity contribution is -0.150. The number of rotatable bonds is 8. The van der Waals surface area contributed by atoms with Gasteiger partial charge >= 0.3 is 12.1 Å². The van der Waals surface area contributed by atoms with Gasteiger partial charge in [0.2, 0.25) is 0 Å². The van der Waals surface area contributed by atoms with Gasteiger partial charge in [-0.25, -0.2) is 4.79 Å². The summed E-state index contributed by atoms with van der Waals surface area (Å²) in [6.45, 7) is 9.91. The summed E-state index contributed by atoms with van der Waals surface area (Å²) < 4.78 is 9.73. The topological polar surface area (TPSA) is 52.6 Å². The Labute approximate surface area is 116 Å². The van der Waals surface area contributed by atoms with E-state index in [9.17, 15) is 9.59 Å².